The van der Waals surface area contributed by atoms with Gasteiger partial charge in [0.1, 0.15) is 6.10 Å². The van der Waals surface area contributed by atoms with Gasteiger partial charge in [0.15, 0.2) is 0 Å². The van der Waals surface area contributed by atoms with E-state index in [4.69, 9.17) is 23.1 Å². The van der Waals surface area contributed by atoms with Crippen molar-refractivity contribution in [3.05, 3.63) is 34.9 Å². The molecular formula is C12H19ClN2O2. The average Bonchev–Trinajstić information content (AvgIpc) is 2.33. The van der Waals surface area contributed by atoms with Gasteiger partial charge in [0.2, 0.25) is 5.91 Å². The van der Waals surface area contributed by atoms with Gasteiger partial charge in [0, 0.05) is 11.1 Å². The lowest BCUT2D eigenvalue weighted by Gasteiger charge is -2.16. The largest absolute Gasteiger partial charge is 0.382 e. The third kappa shape index (κ3) is 5.17. The fourth-order valence-corrected chi connectivity index (χ4v) is 1.45. The minimum absolute atomic E-state index is 0.309. The van der Waals surface area contributed by atoms with Crippen LogP contribution in [0.25, 0.3) is 0 Å². The van der Waals surface area contributed by atoms with E-state index >= 15 is 0 Å². The molecule has 2 atom stereocenters. The van der Waals surface area contributed by atoms with Crippen LogP contribution in [0.5, 0.6) is 0 Å². The Morgan fingerprint density at radius 2 is 1.94 bits per heavy atom. The molecule has 96 valence electrons. The highest BCUT2D eigenvalue weighted by molar-refractivity contribution is 6.31. The number of primary amides is 1. The van der Waals surface area contributed by atoms with E-state index in [0.717, 1.165) is 5.56 Å². The summed E-state index contributed by atoms with van der Waals surface area (Å²) in [4.78, 5) is 10.7. The van der Waals surface area contributed by atoms with E-state index in [1.54, 1.807) is 18.2 Å². The Balaban J connectivity index is 0.00000121. The number of hydrogen-bond donors (Lipinski definition) is 3. The molecule has 5 N–H and O–H groups in total. The van der Waals surface area contributed by atoms with Gasteiger partial charge in [-0.05, 0) is 18.1 Å². The molecule has 0 bridgehead atoms. The first-order chi connectivity index (χ1) is 8.02. The van der Waals surface area contributed by atoms with Crippen molar-refractivity contribution in [3.8, 4) is 0 Å². The zero-order valence-corrected chi connectivity index (χ0v) is 10.8. The molecule has 0 saturated carbocycles. The van der Waals surface area contributed by atoms with E-state index in [1.807, 2.05) is 19.9 Å². The number of benzene rings is 1. The molecule has 0 fully saturated rings. The van der Waals surface area contributed by atoms with Gasteiger partial charge in [-0.15, -0.1) is 0 Å². The third-order valence-electron chi connectivity index (χ3n) is 2.11. The van der Waals surface area contributed by atoms with Crippen molar-refractivity contribution in [1.29, 1.82) is 0 Å². The smallest absolute Gasteiger partial charge is 0.247 e. The standard InChI is InChI=1S/C10H13ClN2O2.C2H6/c11-7-4-2-1-3-6(7)5-8(12)9(14)10(13)15;1-2/h1-4,8-9,14H,5,12H2,(H2,13,15);1-2H3. The fourth-order valence-electron chi connectivity index (χ4n) is 1.24. The summed E-state index contributed by atoms with van der Waals surface area (Å²) < 4.78 is 0. The quantitative estimate of drug-likeness (QED) is 0.755. The number of carbonyl (C=O) groups is 1. The van der Waals surface area contributed by atoms with Crippen molar-refractivity contribution < 1.29 is 9.90 Å². The second-order valence-electron chi connectivity index (χ2n) is 3.31. The molecule has 0 aliphatic heterocycles. The number of rotatable bonds is 4. The first-order valence-corrected chi connectivity index (χ1v) is 5.86. The van der Waals surface area contributed by atoms with Crippen molar-refractivity contribution in [1.82, 2.24) is 0 Å². The average molecular weight is 259 g/mol. The molecule has 0 radical (unpaired) electrons. The molecule has 1 amide bonds. The van der Waals surface area contributed by atoms with Crippen LogP contribution in [0.1, 0.15) is 19.4 Å². The summed E-state index contributed by atoms with van der Waals surface area (Å²) >= 11 is 5.90. The molecule has 0 aliphatic rings. The van der Waals surface area contributed by atoms with Crippen molar-refractivity contribution in [2.24, 2.45) is 11.5 Å². The molecular weight excluding hydrogens is 240 g/mol. The fraction of sp³-hybridized carbons (Fsp3) is 0.417. The van der Waals surface area contributed by atoms with Gasteiger partial charge >= 0.3 is 0 Å². The predicted molar refractivity (Wildman–Crippen MR) is 69.7 cm³/mol. The maximum Gasteiger partial charge on any atom is 0.247 e. The number of amides is 1. The van der Waals surface area contributed by atoms with Crippen LogP contribution in [0.3, 0.4) is 0 Å². The van der Waals surface area contributed by atoms with Crippen LogP contribution in [0.15, 0.2) is 24.3 Å². The molecule has 1 rings (SSSR count). The van der Waals surface area contributed by atoms with Crippen LogP contribution in [-0.4, -0.2) is 23.2 Å². The molecule has 5 heteroatoms. The van der Waals surface area contributed by atoms with Crippen LogP contribution in [0.2, 0.25) is 5.02 Å². The van der Waals surface area contributed by atoms with Crippen molar-refractivity contribution in [2.45, 2.75) is 32.4 Å². The van der Waals surface area contributed by atoms with Gasteiger partial charge in [-0.2, -0.15) is 0 Å². The van der Waals surface area contributed by atoms with Crippen molar-refractivity contribution in [3.63, 3.8) is 0 Å². The van der Waals surface area contributed by atoms with E-state index in [1.165, 1.54) is 0 Å². The highest BCUT2D eigenvalue weighted by Gasteiger charge is 2.20. The van der Waals surface area contributed by atoms with E-state index in [-0.39, 0.29) is 0 Å². The van der Waals surface area contributed by atoms with E-state index in [0.29, 0.717) is 11.4 Å². The van der Waals surface area contributed by atoms with Gasteiger partial charge in [-0.1, -0.05) is 43.6 Å². The summed E-state index contributed by atoms with van der Waals surface area (Å²) in [6, 6.07) is 6.38. The van der Waals surface area contributed by atoms with E-state index < -0.39 is 18.1 Å². The van der Waals surface area contributed by atoms with Crippen molar-refractivity contribution in [2.75, 3.05) is 0 Å². The molecule has 0 aliphatic carbocycles. The molecule has 0 saturated heterocycles. The predicted octanol–water partition coefficient (Wildman–Crippen LogP) is 1.08. The zero-order chi connectivity index (χ0) is 13.4. The van der Waals surface area contributed by atoms with E-state index in [2.05, 4.69) is 0 Å². The minimum Gasteiger partial charge on any atom is -0.382 e. The number of hydrogen-bond acceptors (Lipinski definition) is 3. The molecule has 4 nitrogen and oxygen atoms in total. The Labute approximate surface area is 107 Å². The lowest BCUT2D eigenvalue weighted by atomic mass is 10.0. The normalized spacial score (nSPS) is 13.2. The summed E-state index contributed by atoms with van der Waals surface area (Å²) in [6.45, 7) is 4.00. The third-order valence-corrected chi connectivity index (χ3v) is 2.48. The van der Waals surface area contributed by atoms with Crippen LogP contribution < -0.4 is 11.5 Å². The van der Waals surface area contributed by atoms with Crippen LogP contribution in [0, 0.1) is 0 Å². The first-order valence-electron chi connectivity index (χ1n) is 5.48. The van der Waals surface area contributed by atoms with Crippen LogP contribution >= 0.6 is 11.6 Å². The molecule has 0 heterocycles. The summed E-state index contributed by atoms with van der Waals surface area (Å²) in [7, 11) is 0. The Bertz CT molecular complexity index is 358. The van der Waals surface area contributed by atoms with Crippen LogP contribution in [-0.2, 0) is 11.2 Å². The Hall–Kier alpha value is -1.10. The van der Waals surface area contributed by atoms with Gasteiger partial charge in [0.05, 0.1) is 0 Å². The molecule has 1 aromatic carbocycles. The summed E-state index contributed by atoms with van der Waals surface area (Å²) in [5.74, 6) is -0.824. The highest BCUT2D eigenvalue weighted by Crippen LogP contribution is 2.16. The molecule has 17 heavy (non-hydrogen) atoms. The summed E-state index contributed by atoms with van der Waals surface area (Å²) in [6.07, 6.45) is -1.04. The van der Waals surface area contributed by atoms with Crippen molar-refractivity contribution >= 4 is 17.5 Å². The SMILES string of the molecule is CC.NC(=O)C(O)C(N)Cc1ccccc1Cl. The topological polar surface area (TPSA) is 89.3 Å². The van der Waals surface area contributed by atoms with Crippen LogP contribution in [0.4, 0.5) is 0 Å². The Morgan fingerprint density at radius 3 is 2.41 bits per heavy atom. The lowest BCUT2D eigenvalue weighted by molar-refractivity contribution is -0.126. The number of aliphatic hydroxyl groups excluding tert-OH is 1. The highest BCUT2D eigenvalue weighted by atomic mass is 35.5. The Morgan fingerprint density at radius 1 is 1.41 bits per heavy atom. The second kappa shape index (κ2) is 8.06. The minimum atomic E-state index is -1.35. The number of halogens is 1. The summed E-state index contributed by atoms with van der Waals surface area (Å²) in [5, 5.41) is 9.86. The lowest BCUT2D eigenvalue weighted by Crippen LogP contribution is -2.45. The Kier molecular flexibility index (Phi) is 7.54. The van der Waals surface area contributed by atoms with Gasteiger partial charge in [-0.3, -0.25) is 4.79 Å². The molecule has 0 aromatic heterocycles. The number of aliphatic hydroxyl groups is 1. The monoisotopic (exact) mass is 258 g/mol. The van der Waals surface area contributed by atoms with Gasteiger partial charge in [0.25, 0.3) is 0 Å². The van der Waals surface area contributed by atoms with E-state index in [9.17, 15) is 9.90 Å². The molecule has 2 unspecified atom stereocenters. The van der Waals surface area contributed by atoms with Gasteiger partial charge < -0.3 is 16.6 Å². The first kappa shape index (κ1) is 15.9. The second-order valence-corrected chi connectivity index (χ2v) is 3.71. The zero-order valence-electron chi connectivity index (χ0n) is 10.1. The number of nitrogens with two attached hydrogens (primary N) is 2. The maximum atomic E-state index is 10.7. The summed E-state index contributed by atoms with van der Waals surface area (Å²) in [5.41, 5.74) is 11.3. The van der Waals surface area contributed by atoms with Gasteiger partial charge in [-0.25, -0.2) is 0 Å². The maximum absolute atomic E-state index is 10.7. The molecule has 1 aromatic rings. The molecule has 0 spiro atoms. The number of carbonyl (C=O) groups excluding carboxylic acids is 1.